The molecule has 0 spiro atoms. The van der Waals surface area contributed by atoms with E-state index < -0.39 is 5.60 Å². The third kappa shape index (κ3) is 3.27. The molecular formula is C24H34O5. The van der Waals surface area contributed by atoms with Crippen molar-refractivity contribution in [2.45, 2.75) is 77.9 Å². The fourth-order valence-electron chi connectivity index (χ4n) is 6.23. The van der Waals surface area contributed by atoms with Crippen molar-refractivity contribution in [3.8, 4) is 11.5 Å². The van der Waals surface area contributed by atoms with Gasteiger partial charge in [0.05, 0.1) is 24.7 Å². The summed E-state index contributed by atoms with van der Waals surface area (Å²) >= 11 is 0. The van der Waals surface area contributed by atoms with Gasteiger partial charge >= 0.3 is 5.97 Å². The number of aryl methyl sites for hydroxylation is 1. The molecule has 0 aromatic heterocycles. The first-order valence-electron chi connectivity index (χ1n) is 10.9. The van der Waals surface area contributed by atoms with Crippen molar-refractivity contribution >= 4 is 5.97 Å². The van der Waals surface area contributed by atoms with Crippen LogP contribution in [0.25, 0.3) is 0 Å². The van der Waals surface area contributed by atoms with Gasteiger partial charge in [-0.15, -0.1) is 0 Å². The third-order valence-electron chi connectivity index (χ3n) is 8.53. The normalized spacial score (nSPS) is 38.6. The van der Waals surface area contributed by atoms with Gasteiger partial charge in [-0.25, -0.2) is 0 Å². The van der Waals surface area contributed by atoms with E-state index in [0.29, 0.717) is 30.9 Å². The van der Waals surface area contributed by atoms with Crippen molar-refractivity contribution < 1.29 is 24.5 Å². The fourth-order valence-corrected chi connectivity index (χ4v) is 6.23. The maximum Gasteiger partial charge on any atom is 0.311 e. The zero-order valence-corrected chi connectivity index (χ0v) is 18.0. The first-order chi connectivity index (χ1) is 13.6. The van der Waals surface area contributed by atoms with Crippen molar-refractivity contribution in [3.05, 3.63) is 23.8 Å². The van der Waals surface area contributed by atoms with E-state index in [9.17, 15) is 15.0 Å². The molecule has 2 saturated carbocycles. The molecule has 1 aromatic carbocycles. The number of rotatable bonds is 3. The smallest absolute Gasteiger partial charge is 0.311 e. The summed E-state index contributed by atoms with van der Waals surface area (Å²) in [5, 5.41) is 22.2. The van der Waals surface area contributed by atoms with Gasteiger partial charge in [-0.2, -0.15) is 0 Å². The van der Waals surface area contributed by atoms with Gasteiger partial charge in [0.25, 0.3) is 0 Å². The standard InChI is InChI=1S/C24H34O5/c1-22(2)19-9-7-16(24(4,27)23(19,3)12-11-20(22)25)14-28-17-8-5-15-6-10-21(26)29-18(15)13-17/h5,8,13,16,19-20,25,27H,6-7,9-12,14H2,1-4H3/t16-,19+,20-,23-,24+/m0/s1. The Hall–Kier alpha value is -1.59. The van der Waals surface area contributed by atoms with E-state index in [1.54, 1.807) is 6.07 Å². The molecule has 1 aromatic rings. The van der Waals surface area contributed by atoms with E-state index in [1.165, 1.54) is 0 Å². The van der Waals surface area contributed by atoms with Crippen LogP contribution in [0, 0.1) is 22.7 Å². The molecule has 3 aliphatic rings. The SMILES string of the molecule is CC1(C)[C@H]2CC[C@@H](COc3ccc4c(c3)OC(=O)CC4)[C@@](C)(O)[C@@]2(C)CC[C@@H]1O. The Morgan fingerprint density at radius 2 is 1.90 bits per heavy atom. The van der Waals surface area contributed by atoms with Gasteiger partial charge in [0.2, 0.25) is 0 Å². The number of ether oxygens (including phenoxy) is 2. The van der Waals surface area contributed by atoms with Crippen molar-refractivity contribution in [3.63, 3.8) is 0 Å². The van der Waals surface area contributed by atoms with E-state index in [1.807, 2.05) is 19.1 Å². The maximum atomic E-state index is 11.7. The number of fused-ring (bicyclic) bond motifs is 2. The summed E-state index contributed by atoms with van der Waals surface area (Å²) in [6, 6.07) is 5.66. The molecule has 0 radical (unpaired) electrons. The second-order valence-electron chi connectivity index (χ2n) is 10.3. The fraction of sp³-hybridized carbons (Fsp3) is 0.708. The van der Waals surface area contributed by atoms with Crippen LogP contribution in [0.1, 0.15) is 65.4 Å². The Morgan fingerprint density at radius 3 is 2.66 bits per heavy atom. The largest absolute Gasteiger partial charge is 0.493 e. The lowest BCUT2D eigenvalue weighted by Gasteiger charge is -2.63. The van der Waals surface area contributed by atoms with Crippen LogP contribution in [0.2, 0.25) is 0 Å². The lowest BCUT2D eigenvalue weighted by Crippen LogP contribution is -2.64. The van der Waals surface area contributed by atoms with Gasteiger partial charge in [0.15, 0.2) is 0 Å². The van der Waals surface area contributed by atoms with Crippen LogP contribution in [0.15, 0.2) is 18.2 Å². The molecule has 29 heavy (non-hydrogen) atoms. The summed E-state index contributed by atoms with van der Waals surface area (Å²) in [4.78, 5) is 11.6. The van der Waals surface area contributed by atoms with Gasteiger partial charge in [0.1, 0.15) is 11.5 Å². The number of aliphatic hydroxyl groups is 2. The van der Waals surface area contributed by atoms with Crippen LogP contribution in [-0.2, 0) is 11.2 Å². The highest BCUT2D eigenvalue weighted by Gasteiger charge is 2.62. The number of aliphatic hydroxyl groups excluding tert-OH is 1. The minimum atomic E-state index is -0.881. The summed E-state index contributed by atoms with van der Waals surface area (Å²) in [5.41, 5.74) is -0.313. The Kier molecular flexibility index (Phi) is 4.98. The van der Waals surface area contributed by atoms with Crippen LogP contribution >= 0.6 is 0 Å². The van der Waals surface area contributed by atoms with Gasteiger partial charge in [-0.1, -0.05) is 26.8 Å². The molecule has 4 rings (SSSR count). The number of esters is 1. The summed E-state index contributed by atoms with van der Waals surface area (Å²) in [7, 11) is 0. The van der Waals surface area contributed by atoms with Gasteiger partial charge in [-0.3, -0.25) is 4.79 Å². The van der Waals surface area contributed by atoms with E-state index in [2.05, 4.69) is 20.8 Å². The first kappa shape index (κ1) is 20.7. The van der Waals surface area contributed by atoms with E-state index >= 15 is 0 Å². The van der Waals surface area contributed by atoms with Gasteiger partial charge < -0.3 is 19.7 Å². The molecule has 1 heterocycles. The molecule has 2 N–H and O–H groups in total. The van der Waals surface area contributed by atoms with Crippen molar-refractivity contribution in [2.75, 3.05) is 6.61 Å². The van der Waals surface area contributed by atoms with Crippen LogP contribution in [0.5, 0.6) is 11.5 Å². The number of benzene rings is 1. The quantitative estimate of drug-likeness (QED) is 0.593. The second kappa shape index (κ2) is 6.98. The monoisotopic (exact) mass is 402 g/mol. The molecule has 5 nitrogen and oxygen atoms in total. The predicted octanol–water partition coefficient (Wildman–Crippen LogP) is 3.88. The van der Waals surface area contributed by atoms with E-state index in [4.69, 9.17) is 9.47 Å². The molecule has 1 aliphatic heterocycles. The lowest BCUT2D eigenvalue weighted by molar-refractivity contribution is -0.227. The lowest BCUT2D eigenvalue weighted by atomic mass is 9.44. The molecular weight excluding hydrogens is 368 g/mol. The maximum absolute atomic E-state index is 11.7. The number of hydrogen-bond donors (Lipinski definition) is 2. The van der Waals surface area contributed by atoms with Crippen molar-refractivity contribution in [1.29, 1.82) is 0 Å². The Labute approximate surface area is 173 Å². The van der Waals surface area contributed by atoms with Gasteiger partial charge in [0, 0.05) is 12.0 Å². The third-order valence-corrected chi connectivity index (χ3v) is 8.53. The molecule has 160 valence electrons. The zero-order chi connectivity index (χ0) is 21.0. The highest BCUT2D eigenvalue weighted by atomic mass is 16.5. The second-order valence-corrected chi connectivity index (χ2v) is 10.3. The number of carbonyl (C=O) groups excluding carboxylic acids is 1. The molecule has 0 saturated heterocycles. The molecule has 5 heteroatoms. The first-order valence-corrected chi connectivity index (χ1v) is 10.9. The van der Waals surface area contributed by atoms with Crippen LogP contribution < -0.4 is 9.47 Å². The average molecular weight is 403 g/mol. The topological polar surface area (TPSA) is 76.0 Å². The molecule has 0 amide bonds. The molecule has 0 bridgehead atoms. The molecule has 0 unspecified atom stereocenters. The Morgan fingerprint density at radius 1 is 1.14 bits per heavy atom. The van der Waals surface area contributed by atoms with Crippen LogP contribution in [0.3, 0.4) is 0 Å². The summed E-state index contributed by atoms with van der Waals surface area (Å²) in [5.74, 6) is 1.33. The van der Waals surface area contributed by atoms with E-state index in [-0.39, 0.29) is 34.7 Å². The minimum absolute atomic E-state index is 0.00776. The van der Waals surface area contributed by atoms with Crippen LogP contribution in [-0.4, -0.2) is 34.5 Å². The van der Waals surface area contributed by atoms with E-state index in [0.717, 1.165) is 31.2 Å². The highest BCUT2D eigenvalue weighted by molar-refractivity contribution is 5.75. The van der Waals surface area contributed by atoms with Crippen LogP contribution in [0.4, 0.5) is 0 Å². The zero-order valence-electron chi connectivity index (χ0n) is 18.0. The number of hydrogen-bond acceptors (Lipinski definition) is 5. The molecule has 5 atom stereocenters. The Bertz CT molecular complexity index is 798. The Balaban J connectivity index is 1.49. The molecule has 2 aliphatic carbocycles. The van der Waals surface area contributed by atoms with Crippen molar-refractivity contribution in [1.82, 2.24) is 0 Å². The summed E-state index contributed by atoms with van der Waals surface area (Å²) in [6.45, 7) is 8.85. The summed E-state index contributed by atoms with van der Waals surface area (Å²) in [6.07, 6.45) is 4.19. The molecule has 2 fully saturated rings. The minimum Gasteiger partial charge on any atom is -0.493 e. The summed E-state index contributed by atoms with van der Waals surface area (Å²) < 4.78 is 11.4. The highest BCUT2D eigenvalue weighted by Crippen LogP contribution is 2.62. The van der Waals surface area contributed by atoms with Crippen molar-refractivity contribution in [2.24, 2.45) is 22.7 Å². The van der Waals surface area contributed by atoms with Gasteiger partial charge in [-0.05, 0) is 67.4 Å². The average Bonchev–Trinajstić information content (AvgIpc) is 2.65. The predicted molar refractivity (Wildman–Crippen MR) is 110 cm³/mol. The number of carbonyl (C=O) groups is 1.